The smallest absolute Gasteiger partial charge is 0.0522 e. The van der Waals surface area contributed by atoms with E-state index < -0.39 is 0 Å². The van der Waals surface area contributed by atoms with Crippen LogP contribution >= 0.6 is 0 Å². The van der Waals surface area contributed by atoms with Crippen LogP contribution in [0.3, 0.4) is 0 Å². The quantitative estimate of drug-likeness (QED) is 0.570. The van der Waals surface area contributed by atoms with Crippen LogP contribution < -0.4 is 0 Å². The molecule has 0 bridgehead atoms. The minimum atomic E-state index is -0.157. The molecule has 0 amide bonds. The van der Waals surface area contributed by atoms with Crippen LogP contribution in [0.25, 0.3) is 5.57 Å². The maximum Gasteiger partial charge on any atom is 0.0522 e. The first-order chi connectivity index (χ1) is 11.3. The molecule has 0 spiro atoms. The average molecular weight is 296 g/mol. The van der Waals surface area contributed by atoms with Crippen molar-refractivity contribution in [2.24, 2.45) is 5.92 Å². The fourth-order valence-corrected chi connectivity index (χ4v) is 4.21. The summed E-state index contributed by atoms with van der Waals surface area (Å²) < 4.78 is 0. The highest BCUT2D eigenvalue weighted by molar-refractivity contribution is 5.80. The lowest BCUT2D eigenvalue weighted by molar-refractivity contribution is 0.519. The summed E-state index contributed by atoms with van der Waals surface area (Å²) in [5.74, 6) is 0.324. The van der Waals surface area contributed by atoms with Gasteiger partial charge in [-0.3, -0.25) is 0 Å². The zero-order valence-corrected chi connectivity index (χ0v) is 13.4. The molecular weight excluding hydrogens is 276 g/mol. The number of allylic oxidation sites excluding steroid dienone is 1. The molecule has 0 nitrogen and oxygen atoms in total. The third kappa shape index (κ3) is 1.85. The summed E-state index contributed by atoms with van der Waals surface area (Å²) in [4.78, 5) is 0. The first kappa shape index (κ1) is 14.0. The molecule has 0 N–H and O–H groups in total. The Kier molecular flexibility index (Phi) is 3.20. The fourth-order valence-electron chi connectivity index (χ4n) is 4.21. The highest BCUT2D eigenvalue weighted by Gasteiger charge is 2.48. The molecule has 1 atom stereocenters. The molecule has 0 saturated carbocycles. The van der Waals surface area contributed by atoms with Gasteiger partial charge < -0.3 is 0 Å². The fraction of sp³-hybridized carbons (Fsp3) is 0.130. The van der Waals surface area contributed by atoms with Crippen molar-refractivity contribution in [3.8, 4) is 0 Å². The zero-order valence-electron chi connectivity index (χ0n) is 13.4. The Balaban J connectivity index is 2.12. The summed E-state index contributed by atoms with van der Waals surface area (Å²) in [7, 11) is 0. The van der Waals surface area contributed by atoms with Crippen LogP contribution in [0.2, 0.25) is 0 Å². The molecule has 112 valence electrons. The molecule has 0 heterocycles. The lowest BCUT2D eigenvalue weighted by atomic mass is 9.65. The second-order valence-corrected chi connectivity index (χ2v) is 6.33. The Labute approximate surface area is 138 Å². The monoisotopic (exact) mass is 296 g/mol. The maximum atomic E-state index is 4.42. The Morgan fingerprint density at radius 3 is 1.74 bits per heavy atom. The number of fused-ring (bicyclic) bond motifs is 1. The first-order valence-corrected chi connectivity index (χ1v) is 8.16. The minimum absolute atomic E-state index is 0.157. The highest BCUT2D eigenvalue weighted by atomic mass is 14.5. The maximum absolute atomic E-state index is 4.42. The van der Waals surface area contributed by atoms with E-state index in [1.54, 1.807) is 0 Å². The first-order valence-electron chi connectivity index (χ1n) is 8.16. The van der Waals surface area contributed by atoms with Crippen molar-refractivity contribution in [3.05, 3.63) is 114 Å². The summed E-state index contributed by atoms with van der Waals surface area (Å²) in [5, 5.41) is 0. The van der Waals surface area contributed by atoms with Gasteiger partial charge in [-0.2, -0.15) is 0 Å². The largest absolute Gasteiger partial charge is 0.0949 e. The van der Waals surface area contributed by atoms with E-state index in [0.29, 0.717) is 5.92 Å². The van der Waals surface area contributed by atoms with Gasteiger partial charge in [-0.25, -0.2) is 0 Å². The molecule has 3 aromatic carbocycles. The van der Waals surface area contributed by atoms with Crippen LogP contribution in [-0.4, -0.2) is 0 Å². The van der Waals surface area contributed by atoms with Crippen molar-refractivity contribution >= 4 is 5.57 Å². The van der Waals surface area contributed by atoms with Crippen LogP contribution in [0.15, 0.2) is 91.5 Å². The second kappa shape index (κ2) is 5.24. The molecule has 0 heteroatoms. The molecule has 1 aliphatic rings. The predicted molar refractivity (Wildman–Crippen MR) is 97.4 cm³/mol. The van der Waals surface area contributed by atoms with Crippen LogP contribution in [0.4, 0.5) is 0 Å². The van der Waals surface area contributed by atoms with Crippen LogP contribution in [0.1, 0.15) is 29.2 Å². The van der Waals surface area contributed by atoms with Crippen molar-refractivity contribution in [1.29, 1.82) is 0 Å². The van der Waals surface area contributed by atoms with Crippen LogP contribution in [-0.2, 0) is 5.41 Å². The molecule has 23 heavy (non-hydrogen) atoms. The van der Waals surface area contributed by atoms with Crippen molar-refractivity contribution < 1.29 is 0 Å². The SMILES string of the molecule is C=C1c2ccccc2C(c2ccccc2)(c2ccccc2)C1C. The summed E-state index contributed by atoms with van der Waals surface area (Å²) in [6.45, 7) is 6.73. The number of rotatable bonds is 2. The van der Waals surface area contributed by atoms with Gasteiger partial charge in [-0.15, -0.1) is 0 Å². The molecule has 1 aliphatic carbocycles. The second-order valence-electron chi connectivity index (χ2n) is 6.33. The van der Waals surface area contributed by atoms with Crippen molar-refractivity contribution in [2.75, 3.05) is 0 Å². The topological polar surface area (TPSA) is 0 Å². The van der Waals surface area contributed by atoms with E-state index in [1.807, 2.05) is 0 Å². The Morgan fingerprint density at radius 2 is 1.17 bits per heavy atom. The van der Waals surface area contributed by atoms with Gasteiger partial charge >= 0.3 is 0 Å². The Hall–Kier alpha value is -2.60. The summed E-state index contributed by atoms with van der Waals surface area (Å²) in [6, 6.07) is 30.4. The summed E-state index contributed by atoms with van der Waals surface area (Å²) in [5.41, 5.74) is 6.42. The van der Waals surface area contributed by atoms with Gasteiger partial charge in [-0.05, 0) is 33.7 Å². The molecular formula is C23H20. The van der Waals surface area contributed by atoms with Gasteiger partial charge in [0.15, 0.2) is 0 Å². The van der Waals surface area contributed by atoms with Gasteiger partial charge in [0.05, 0.1) is 5.41 Å². The van der Waals surface area contributed by atoms with Gasteiger partial charge in [0.1, 0.15) is 0 Å². The third-order valence-electron chi connectivity index (χ3n) is 5.33. The van der Waals surface area contributed by atoms with E-state index in [4.69, 9.17) is 0 Å². The molecule has 0 aliphatic heterocycles. The zero-order chi connectivity index (χ0) is 15.9. The van der Waals surface area contributed by atoms with E-state index in [2.05, 4.69) is 98.4 Å². The van der Waals surface area contributed by atoms with Gasteiger partial charge in [-0.1, -0.05) is 98.4 Å². The molecule has 0 saturated heterocycles. The summed E-state index contributed by atoms with van der Waals surface area (Å²) >= 11 is 0. The van der Waals surface area contributed by atoms with Gasteiger partial charge in [0, 0.05) is 0 Å². The van der Waals surface area contributed by atoms with Crippen LogP contribution in [0.5, 0.6) is 0 Å². The molecule has 0 fully saturated rings. The van der Waals surface area contributed by atoms with E-state index in [-0.39, 0.29) is 5.41 Å². The summed E-state index contributed by atoms with van der Waals surface area (Å²) in [6.07, 6.45) is 0. The average Bonchev–Trinajstić information content (AvgIpc) is 2.86. The van der Waals surface area contributed by atoms with Gasteiger partial charge in [0.25, 0.3) is 0 Å². The molecule has 0 aromatic heterocycles. The van der Waals surface area contributed by atoms with Crippen molar-refractivity contribution in [1.82, 2.24) is 0 Å². The van der Waals surface area contributed by atoms with Crippen molar-refractivity contribution in [3.63, 3.8) is 0 Å². The standard InChI is InChI=1S/C23H20/c1-17-18(2)23(19-11-5-3-6-12-19,20-13-7-4-8-14-20)22-16-10-9-15-21(17)22/h3-16,18H,1H2,2H3. The number of hydrogen-bond donors (Lipinski definition) is 0. The predicted octanol–water partition coefficient (Wildman–Crippen LogP) is 5.68. The van der Waals surface area contributed by atoms with E-state index in [1.165, 1.54) is 27.8 Å². The highest BCUT2D eigenvalue weighted by Crippen LogP contribution is 2.56. The lowest BCUT2D eigenvalue weighted by Gasteiger charge is -2.36. The van der Waals surface area contributed by atoms with Gasteiger partial charge in [0.2, 0.25) is 0 Å². The molecule has 3 aromatic rings. The van der Waals surface area contributed by atoms with E-state index >= 15 is 0 Å². The lowest BCUT2D eigenvalue weighted by Crippen LogP contribution is -2.32. The normalized spacial score (nSPS) is 18.7. The number of hydrogen-bond acceptors (Lipinski definition) is 0. The van der Waals surface area contributed by atoms with Crippen molar-refractivity contribution in [2.45, 2.75) is 12.3 Å². The molecule has 0 radical (unpaired) electrons. The Morgan fingerprint density at radius 1 is 0.696 bits per heavy atom. The van der Waals surface area contributed by atoms with E-state index in [9.17, 15) is 0 Å². The minimum Gasteiger partial charge on any atom is -0.0949 e. The molecule has 4 rings (SSSR count). The van der Waals surface area contributed by atoms with Crippen LogP contribution in [0, 0.1) is 5.92 Å². The molecule has 1 unspecified atom stereocenters. The van der Waals surface area contributed by atoms with E-state index in [0.717, 1.165) is 0 Å². The third-order valence-corrected chi connectivity index (χ3v) is 5.33. The number of benzene rings is 3. The Bertz CT molecular complexity index is 804.